The first-order valence-corrected chi connectivity index (χ1v) is 8.03. The molecule has 2 rings (SSSR count). The molecule has 1 aromatic carbocycles. The second kappa shape index (κ2) is 8.33. The number of para-hydroxylation sites is 1. The van der Waals surface area contributed by atoms with E-state index in [1.807, 2.05) is 6.92 Å². The maximum atomic E-state index is 12.2. The van der Waals surface area contributed by atoms with Crippen molar-refractivity contribution < 1.29 is 24.2 Å². The van der Waals surface area contributed by atoms with Crippen LogP contribution in [0.3, 0.4) is 0 Å². The maximum Gasteiger partial charge on any atom is 0.308 e. The molecule has 0 saturated carbocycles. The Morgan fingerprint density at radius 3 is 2.79 bits per heavy atom. The fraction of sp³-hybridized carbons (Fsp3) is 0.471. The first kappa shape index (κ1) is 17.8. The number of hydrogen-bond donors (Lipinski definition) is 2. The van der Waals surface area contributed by atoms with Crippen LogP contribution >= 0.6 is 0 Å². The van der Waals surface area contributed by atoms with E-state index in [2.05, 4.69) is 5.32 Å². The number of piperidine rings is 1. The second-order valence-corrected chi connectivity index (χ2v) is 5.63. The van der Waals surface area contributed by atoms with Gasteiger partial charge in [-0.3, -0.25) is 14.4 Å². The number of benzene rings is 1. The Labute approximate surface area is 140 Å². The number of aliphatic carboxylic acids is 1. The highest BCUT2D eigenvalue weighted by atomic mass is 16.5. The lowest BCUT2D eigenvalue weighted by Gasteiger charge is -2.30. The van der Waals surface area contributed by atoms with Gasteiger partial charge in [0.1, 0.15) is 5.75 Å². The van der Waals surface area contributed by atoms with Crippen molar-refractivity contribution in [3.05, 3.63) is 29.8 Å². The number of carboxylic acids is 1. The van der Waals surface area contributed by atoms with Gasteiger partial charge in [0.05, 0.1) is 24.6 Å². The molecule has 0 aromatic heterocycles. The molecule has 1 aromatic rings. The third-order valence-corrected chi connectivity index (χ3v) is 3.96. The summed E-state index contributed by atoms with van der Waals surface area (Å²) in [4.78, 5) is 37.0. The van der Waals surface area contributed by atoms with E-state index in [1.165, 1.54) is 4.90 Å². The van der Waals surface area contributed by atoms with Crippen molar-refractivity contribution in [3.8, 4) is 5.75 Å². The average Bonchev–Trinajstić information content (AvgIpc) is 2.60. The standard InChI is InChI=1S/C17H22N2O5/c1-2-24-14-8-4-3-7-13(14)16(21)18-10-15(20)19-9-5-6-12(11-19)17(22)23/h3-4,7-8,12H,2,5-6,9-11H2,1H3,(H,18,21)(H,22,23)/t12-/m0/s1. The summed E-state index contributed by atoms with van der Waals surface area (Å²) in [6, 6.07) is 6.82. The number of carboxylic acid groups (broad SMARTS) is 1. The van der Waals surface area contributed by atoms with Gasteiger partial charge in [0, 0.05) is 13.1 Å². The third-order valence-electron chi connectivity index (χ3n) is 3.96. The van der Waals surface area contributed by atoms with Crippen LogP contribution in [0.4, 0.5) is 0 Å². The van der Waals surface area contributed by atoms with Crippen molar-refractivity contribution in [3.63, 3.8) is 0 Å². The molecule has 24 heavy (non-hydrogen) atoms. The molecular weight excluding hydrogens is 312 g/mol. The molecule has 130 valence electrons. The molecule has 1 saturated heterocycles. The predicted molar refractivity (Wildman–Crippen MR) is 86.9 cm³/mol. The average molecular weight is 334 g/mol. The number of rotatable bonds is 6. The SMILES string of the molecule is CCOc1ccccc1C(=O)NCC(=O)N1CCC[C@H](C(=O)O)C1. The van der Waals surface area contributed by atoms with Crippen molar-refractivity contribution in [2.75, 3.05) is 26.2 Å². The van der Waals surface area contributed by atoms with Crippen molar-refractivity contribution >= 4 is 17.8 Å². The number of nitrogens with zero attached hydrogens (tertiary/aromatic N) is 1. The monoisotopic (exact) mass is 334 g/mol. The van der Waals surface area contributed by atoms with Gasteiger partial charge in [-0.25, -0.2) is 0 Å². The van der Waals surface area contributed by atoms with Gasteiger partial charge >= 0.3 is 5.97 Å². The smallest absolute Gasteiger partial charge is 0.308 e. The lowest BCUT2D eigenvalue weighted by Crippen LogP contribution is -2.46. The van der Waals surface area contributed by atoms with E-state index in [-0.39, 0.29) is 24.9 Å². The summed E-state index contributed by atoms with van der Waals surface area (Å²) in [6.07, 6.45) is 1.23. The molecule has 0 aliphatic carbocycles. The molecule has 7 heteroatoms. The zero-order chi connectivity index (χ0) is 17.5. The number of carbonyl (C=O) groups is 3. The highest BCUT2D eigenvalue weighted by Gasteiger charge is 2.28. The molecule has 0 unspecified atom stereocenters. The van der Waals surface area contributed by atoms with Gasteiger partial charge in [-0.1, -0.05) is 12.1 Å². The summed E-state index contributed by atoms with van der Waals surface area (Å²) < 4.78 is 5.40. The molecule has 1 aliphatic heterocycles. The molecule has 0 spiro atoms. The van der Waals surface area contributed by atoms with Gasteiger partial charge in [0.15, 0.2) is 0 Å². The quantitative estimate of drug-likeness (QED) is 0.813. The van der Waals surface area contributed by atoms with E-state index < -0.39 is 11.9 Å². The minimum atomic E-state index is -0.887. The van der Waals surface area contributed by atoms with E-state index in [0.29, 0.717) is 37.3 Å². The van der Waals surface area contributed by atoms with Crippen LogP contribution in [0.1, 0.15) is 30.1 Å². The Morgan fingerprint density at radius 1 is 1.33 bits per heavy atom. The molecule has 1 heterocycles. The van der Waals surface area contributed by atoms with Crippen LogP contribution in [0.2, 0.25) is 0 Å². The van der Waals surface area contributed by atoms with E-state index >= 15 is 0 Å². The van der Waals surface area contributed by atoms with E-state index in [1.54, 1.807) is 24.3 Å². The van der Waals surface area contributed by atoms with Crippen LogP contribution in [0.5, 0.6) is 5.75 Å². The molecule has 2 amide bonds. The van der Waals surface area contributed by atoms with Crippen LogP contribution in [0, 0.1) is 5.92 Å². The van der Waals surface area contributed by atoms with E-state index in [9.17, 15) is 14.4 Å². The largest absolute Gasteiger partial charge is 0.493 e. The topological polar surface area (TPSA) is 95.9 Å². The lowest BCUT2D eigenvalue weighted by atomic mass is 9.98. The van der Waals surface area contributed by atoms with Crippen molar-refractivity contribution in [1.82, 2.24) is 10.2 Å². The number of hydrogen-bond acceptors (Lipinski definition) is 4. The summed E-state index contributed by atoms with van der Waals surface area (Å²) in [5, 5.41) is 11.6. The van der Waals surface area contributed by atoms with Gasteiger partial charge in [-0.15, -0.1) is 0 Å². The number of nitrogens with one attached hydrogen (secondary N) is 1. The highest BCUT2D eigenvalue weighted by molar-refractivity contribution is 5.98. The normalized spacial score (nSPS) is 17.2. The molecular formula is C17H22N2O5. The fourth-order valence-corrected chi connectivity index (χ4v) is 2.70. The lowest BCUT2D eigenvalue weighted by molar-refractivity contribution is -0.145. The Kier molecular flexibility index (Phi) is 6.17. The molecule has 0 radical (unpaired) electrons. The third kappa shape index (κ3) is 4.47. The van der Waals surface area contributed by atoms with Gasteiger partial charge in [0.2, 0.25) is 5.91 Å². The first-order chi connectivity index (χ1) is 11.5. The second-order valence-electron chi connectivity index (χ2n) is 5.63. The van der Waals surface area contributed by atoms with Crippen LogP contribution in [0.25, 0.3) is 0 Å². The van der Waals surface area contributed by atoms with E-state index in [0.717, 1.165) is 0 Å². The summed E-state index contributed by atoms with van der Waals surface area (Å²) in [7, 11) is 0. The summed E-state index contributed by atoms with van der Waals surface area (Å²) in [5.74, 6) is -1.62. The van der Waals surface area contributed by atoms with Crippen LogP contribution in [-0.2, 0) is 9.59 Å². The molecule has 1 aliphatic rings. The summed E-state index contributed by atoms with van der Waals surface area (Å²) in [6.45, 7) is 2.82. The zero-order valence-electron chi connectivity index (χ0n) is 13.7. The number of likely N-dealkylation sites (tertiary alicyclic amines) is 1. The fourth-order valence-electron chi connectivity index (χ4n) is 2.70. The van der Waals surface area contributed by atoms with Crippen molar-refractivity contribution in [2.45, 2.75) is 19.8 Å². The van der Waals surface area contributed by atoms with Gasteiger partial charge in [-0.2, -0.15) is 0 Å². The highest BCUT2D eigenvalue weighted by Crippen LogP contribution is 2.18. The van der Waals surface area contributed by atoms with E-state index in [4.69, 9.17) is 9.84 Å². The first-order valence-electron chi connectivity index (χ1n) is 8.03. The van der Waals surface area contributed by atoms with Gasteiger partial charge < -0.3 is 20.1 Å². The minimum Gasteiger partial charge on any atom is -0.493 e. The number of carbonyl (C=O) groups excluding carboxylic acids is 2. The van der Waals surface area contributed by atoms with Crippen molar-refractivity contribution in [1.29, 1.82) is 0 Å². The summed E-state index contributed by atoms with van der Waals surface area (Å²) >= 11 is 0. The predicted octanol–water partition coefficient (Wildman–Crippen LogP) is 1.14. The molecule has 7 nitrogen and oxygen atoms in total. The molecule has 1 fully saturated rings. The van der Waals surface area contributed by atoms with Gasteiger partial charge in [0.25, 0.3) is 5.91 Å². The van der Waals surface area contributed by atoms with Gasteiger partial charge in [-0.05, 0) is 31.9 Å². The number of ether oxygens (including phenoxy) is 1. The Morgan fingerprint density at radius 2 is 2.08 bits per heavy atom. The number of amides is 2. The maximum absolute atomic E-state index is 12.2. The van der Waals surface area contributed by atoms with Crippen LogP contribution in [0.15, 0.2) is 24.3 Å². The molecule has 2 N–H and O–H groups in total. The minimum absolute atomic E-state index is 0.161. The van der Waals surface area contributed by atoms with Crippen LogP contribution < -0.4 is 10.1 Å². The Bertz CT molecular complexity index is 617. The zero-order valence-corrected chi connectivity index (χ0v) is 13.7. The Hall–Kier alpha value is -2.57. The molecule has 1 atom stereocenters. The van der Waals surface area contributed by atoms with Crippen LogP contribution in [-0.4, -0.2) is 54.0 Å². The Balaban J connectivity index is 1.92. The summed E-state index contributed by atoms with van der Waals surface area (Å²) in [5.41, 5.74) is 0.370. The van der Waals surface area contributed by atoms with Crippen molar-refractivity contribution in [2.24, 2.45) is 5.92 Å². The molecule has 0 bridgehead atoms.